The van der Waals surface area contributed by atoms with Crippen LogP contribution in [0, 0.1) is 0 Å². The van der Waals surface area contributed by atoms with E-state index in [2.05, 4.69) is 10.6 Å². The number of rotatable bonds is 7. The van der Waals surface area contributed by atoms with Crippen molar-refractivity contribution in [3.05, 3.63) is 0 Å². The number of amides is 1. The molecule has 1 saturated carbocycles. The van der Waals surface area contributed by atoms with E-state index in [4.69, 9.17) is 31.4 Å². The van der Waals surface area contributed by atoms with Crippen molar-refractivity contribution in [3.63, 3.8) is 0 Å². The third kappa shape index (κ3) is 4.99. The lowest BCUT2D eigenvalue weighted by molar-refractivity contribution is -0.265. The standard InChI is InChI=1S/C17H35N5O6/c1-7(19)9-5-4-8(22-10(23)6-18)17(27-9)28-15-11(20)13(24)16(26-3)12(21-2)14(15)25/h7-9,11-17,21,24-25H,4-6,18-20H2,1-3H3,(H,22,23)/t7-,8+,9-,11-,12-,13-,14+,15+,16+,17+/m0/s1. The summed E-state index contributed by atoms with van der Waals surface area (Å²) in [6.45, 7) is 1.66. The summed E-state index contributed by atoms with van der Waals surface area (Å²) in [5.74, 6) is -0.345. The average Bonchev–Trinajstić information content (AvgIpc) is 2.68. The molecule has 1 aliphatic carbocycles. The molecule has 1 amide bonds. The number of nitrogens with two attached hydrogens (primary N) is 3. The molecule has 11 heteroatoms. The van der Waals surface area contributed by atoms with Crippen LogP contribution in [0.2, 0.25) is 0 Å². The largest absolute Gasteiger partial charge is 0.389 e. The molecule has 0 spiro atoms. The van der Waals surface area contributed by atoms with E-state index in [1.165, 1.54) is 7.11 Å². The van der Waals surface area contributed by atoms with Crippen LogP contribution in [0.25, 0.3) is 0 Å². The maximum absolute atomic E-state index is 11.8. The molecule has 2 rings (SSSR count). The van der Waals surface area contributed by atoms with Gasteiger partial charge in [0, 0.05) is 13.2 Å². The summed E-state index contributed by atoms with van der Waals surface area (Å²) in [4.78, 5) is 11.8. The minimum absolute atomic E-state index is 0.165. The van der Waals surface area contributed by atoms with Gasteiger partial charge in [0.1, 0.15) is 12.2 Å². The number of nitrogens with one attached hydrogen (secondary N) is 2. The third-order valence-electron chi connectivity index (χ3n) is 5.58. The Kier molecular flexibility index (Phi) is 8.55. The summed E-state index contributed by atoms with van der Waals surface area (Å²) in [6, 6.07) is -2.24. The SMILES string of the molecule is CN[C@H]1[C@@H](O)[C@H](O[C@H]2O[C@H]([C@H](C)N)CC[C@H]2NC(=O)CN)[C@@H](N)[C@H](O)[C@@H]1OC. The highest BCUT2D eigenvalue weighted by atomic mass is 16.7. The molecule has 1 aliphatic heterocycles. The van der Waals surface area contributed by atoms with Crippen molar-refractivity contribution in [2.24, 2.45) is 17.2 Å². The van der Waals surface area contributed by atoms with E-state index in [0.717, 1.165) is 0 Å². The summed E-state index contributed by atoms with van der Waals surface area (Å²) in [6.07, 6.45) is -3.75. The molecule has 1 saturated heterocycles. The van der Waals surface area contributed by atoms with E-state index in [9.17, 15) is 15.0 Å². The maximum Gasteiger partial charge on any atom is 0.234 e. The van der Waals surface area contributed by atoms with Crippen molar-refractivity contribution >= 4 is 5.91 Å². The number of ether oxygens (including phenoxy) is 3. The second kappa shape index (κ2) is 10.2. The van der Waals surface area contributed by atoms with Crippen molar-refractivity contribution in [1.82, 2.24) is 10.6 Å². The molecule has 0 aromatic carbocycles. The molecule has 0 aromatic heterocycles. The Labute approximate surface area is 165 Å². The molecular formula is C17H35N5O6. The molecule has 10 N–H and O–H groups in total. The number of aliphatic hydroxyl groups excluding tert-OH is 2. The summed E-state index contributed by atoms with van der Waals surface area (Å²) >= 11 is 0. The zero-order chi connectivity index (χ0) is 21.0. The van der Waals surface area contributed by atoms with E-state index in [1.54, 1.807) is 7.05 Å². The summed E-state index contributed by atoms with van der Waals surface area (Å²) in [7, 11) is 3.09. The fraction of sp³-hybridized carbons (Fsp3) is 0.941. The molecule has 0 radical (unpaired) electrons. The number of methoxy groups -OCH3 is 1. The van der Waals surface area contributed by atoms with Gasteiger partial charge in [-0.2, -0.15) is 0 Å². The predicted octanol–water partition coefficient (Wildman–Crippen LogP) is -3.67. The number of aliphatic hydroxyl groups is 2. The first-order chi connectivity index (χ1) is 13.2. The smallest absolute Gasteiger partial charge is 0.234 e. The van der Waals surface area contributed by atoms with Crippen LogP contribution in [-0.2, 0) is 19.0 Å². The second-order valence-corrected chi connectivity index (χ2v) is 7.53. The highest BCUT2D eigenvalue weighted by Gasteiger charge is 2.50. The fourth-order valence-corrected chi connectivity index (χ4v) is 3.93. The van der Waals surface area contributed by atoms with Gasteiger partial charge in [0.15, 0.2) is 6.29 Å². The van der Waals surface area contributed by atoms with Crippen molar-refractivity contribution < 1.29 is 29.2 Å². The van der Waals surface area contributed by atoms with E-state index in [0.29, 0.717) is 12.8 Å². The minimum atomic E-state index is -1.07. The molecule has 1 heterocycles. The van der Waals surface area contributed by atoms with Gasteiger partial charge in [0.05, 0.1) is 43.0 Å². The minimum Gasteiger partial charge on any atom is -0.389 e. The van der Waals surface area contributed by atoms with E-state index >= 15 is 0 Å². The Balaban J connectivity index is 2.19. The Hall–Kier alpha value is -0.890. The fourth-order valence-electron chi connectivity index (χ4n) is 3.93. The van der Waals surface area contributed by atoms with Crippen LogP contribution in [0.1, 0.15) is 19.8 Å². The summed E-state index contributed by atoms with van der Waals surface area (Å²) in [5.41, 5.74) is 17.5. The molecule has 0 unspecified atom stereocenters. The maximum atomic E-state index is 11.8. The Morgan fingerprint density at radius 2 is 1.96 bits per heavy atom. The Morgan fingerprint density at radius 3 is 2.50 bits per heavy atom. The van der Waals surface area contributed by atoms with Gasteiger partial charge < -0.3 is 52.3 Å². The van der Waals surface area contributed by atoms with Gasteiger partial charge in [-0.3, -0.25) is 4.79 Å². The lowest BCUT2D eigenvalue weighted by atomic mass is 9.81. The van der Waals surface area contributed by atoms with Gasteiger partial charge in [0.25, 0.3) is 0 Å². The highest BCUT2D eigenvalue weighted by molar-refractivity contribution is 5.78. The van der Waals surface area contributed by atoms with Gasteiger partial charge in [-0.25, -0.2) is 0 Å². The zero-order valence-electron chi connectivity index (χ0n) is 16.7. The van der Waals surface area contributed by atoms with Gasteiger partial charge in [0.2, 0.25) is 5.91 Å². The van der Waals surface area contributed by atoms with Crippen LogP contribution in [-0.4, -0.2) is 97.8 Å². The van der Waals surface area contributed by atoms with Gasteiger partial charge >= 0.3 is 0 Å². The van der Waals surface area contributed by atoms with E-state index < -0.39 is 48.8 Å². The first-order valence-corrected chi connectivity index (χ1v) is 9.62. The highest BCUT2D eigenvalue weighted by Crippen LogP contribution is 2.29. The topological polar surface area (TPSA) is 187 Å². The molecule has 164 valence electrons. The van der Waals surface area contributed by atoms with Gasteiger partial charge in [-0.05, 0) is 26.8 Å². The van der Waals surface area contributed by atoms with E-state index in [1.807, 2.05) is 6.92 Å². The first kappa shape index (κ1) is 23.4. The van der Waals surface area contributed by atoms with Crippen LogP contribution in [0.3, 0.4) is 0 Å². The molecule has 28 heavy (non-hydrogen) atoms. The Morgan fingerprint density at radius 1 is 1.29 bits per heavy atom. The molecule has 10 atom stereocenters. The Bertz CT molecular complexity index is 512. The monoisotopic (exact) mass is 405 g/mol. The molecule has 0 aromatic rings. The molecular weight excluding hydrogens is 370 g/mol. The normalized spacial score (nSPS) is 42.8. The first-order valence-electron chi connectivity index (χ1n) is 9.62. The summed E-state index contributed by atoms with van der Waals surface area (Å²) in [5, 5.41) is 27.0. The van der Waals surface area contributed by atoms with Crippen LogP contribution in [0.4, 0.5) is 0 Å². The summed E-state index contributed by atoms with van der Waals surface area (Å²) < 4.78 is 17.3. The van der Waals surface area contributed by atoms with Gasteiger partial charge in [-0.1, -0.05) is 0 Å². The third-order valence-corrected chi connectivity index (χ3v) is 5.58. The molecule has 2 fully saturated rings. The van der Waals surface area contributed by atoms with Crippen LogP contribution in [0.15, 0.2) is 0 Å². The number of likely N-dealkylation sites (N-methyl/N-ethyl adjacent to an activating group) is 1. The van der Waals surface area contributed by atoms with Crippen molar-refractivity contribution in [1.29, 1.82) is 0 Å². The quantitative estimate of drug-likeness (QED) is 0.222. The van der Waals surface area contributed by atoms with Crippen LogP contribution in [0.5, 0.6) is 0 Å². The predicted molar refractivity (Wildman–Crippen MR) is 101 cm³/mol. The van der Waals surface area contributed by atoms with Crippen LogP contribution >= 0.6 is 0 Å². The van der Waals surface area contributed by atoms with Crippen molar-refractivity contribution in [2.75, 3.05) is 20.7 Å². The van der Waals surface area contributed by atoms with Gasteiger partial charge in [-0.15, -0.1) is 0 Å². The van der Waals surface area contributed by atoms with Crippen molar-refractivity contribution in [3.8, 4) is 0 Å². The second-order valence-electron chi connectivity index (χ2n) is 7.53. The van der Waals surface area contributed by atoms with E-state index in [-0.39, 0.29) is 24.6 Å². The molecule has 0 bridgehead atoms. The lowest BCUT2D eigenvalue weighted by Gasteiger charge is -2.48. The van der Waals surface area contributed by atoms with Crippen LogP contribution < -0.4 is 27.8 Å². The molecule has 11 nitrogen and oxygen atoms in total. The number of hydrogen-bond acceptors (Lipinski definition) is 10. The molecule has 2 aliphatic rings. The lowest BCUT2D eigenvalue weighted by Crippen LogP contribution is -2.71. The number of carbonyl (C=O) groups is 1. The number of carbonyl (C=O) groups excluding carboxylic acids is 1. The zero-order valence-corrected chi connectivity index (χ0v) is 16.7. The average molecular weight is 405 g/mol. The van der Waals surface area contributed by atoms with Crippen molar-refractivity contribution in [2.45, 2.75) is 80.7 Å². The number of hydrogen-bond donors (Lipinski definition) is 7.